The highest BCUT2D eigenvalue weighted by Crippen LogP contribution is 2.35. The highest BCUT2D eigenvalue weighted by Gasteiger charge is 2.32. The molecule has 1 fully saturated rings. The van der Waals surface area contributed by atoms with E-state index < -0.39 is 0 Å². The molecule has 0 spiro atoms. The summed E-state index contributed by atoms with van der Waals surface area (Å²) in [5.74, 6) is 0.903. The van der Waals surface area contributed by atoms with Crippen molar-refractivity contribution < 1.29 is 0 Å². The summed E-state index contributed by atoms with van der Waals surface area (Å²) in [5.41, 5.74) is 1.08. The van der Waals surface area contributed by atoms with Crippen LogP contribution in [0.15, 0.2) is 12.5 Å². The fourth-order valence-electron chi connectivity index (χ4n) is 2.18. The first kappa shape index (κ1) is 9.57. The molecular weight excluding hydrogens is 202 g/mol. The Labute approximate surface area is 93.9 Å². The van der Waals surface area contributed by atoms with Crippen molar-refractivity contribution in [3.05, 3.63) is 12.5 Å². The number of nitrogens with one attached hydrogen (secondary N) is 1. The first-order valence-electron chi connectivity index (χ1n) is 5.59. The van der Waals surface area contributed by atoms with Crippen LogP contribution in [0.1, 0.15) is 26.2 Å². The van der Waals surface area contributed by atoms with E-state index in [9.17, 15) is 0 Å². The quantitative estimate of drug-likeness (QED) is 0.832. The standard InChI is InChI=1S/C11H15N5/c1-11(4-3-5-11)15-9-8-6-14-16(2)10(8)13-7-12-9/h6-7H,3-5H2,1-2H3,(H,12,13,15). The van der Waals surface area contributed by atoms with Gasteiger partial charge in [-0.25, -0.2) is 9.97 Å². The highest BCUT2D eigenvalue weighted by molar-refractivity contribution is 5.86. The van der Waals surface area contributed by atoms with Crippen LogP contribution in [-0.4, -0.2) is 25.3 Å². The zero-order valence-corrected chi connectivity index (χ0v) is 9.56. The lowest BCUT2D eigenvalue weighted by atomic mass is 9.78. The van der Waals surface area contributed by atoms with Crippen molar-refractivity contribution in [2.24, 2.45) is 7.05 Å². The van der Waals surface area contributed by atoms with E-state index in [4.69, 9.17) is 0 Å². The molecule has 1 aliphatic carbocycles. The molecule has 0 amide bonds. The van der Waals surface area contributed by atoms with Gasteiger partial charge in [0.2, 0.25) is 0 Å². The Hall–Kier alpha value is -1.65. The van der Waals surface area contributed by atoms with E-state index in [-0.39, 0.29) is 5.54 Å². The Morgan fingerprint density at radius 2 is 2.19 bits per heavy atom. The number of nitrogens with zero attached hydrogens (tertiary/aromatic N) is 4. The SMILES string of the molecule is Cn1ncc2c(NC3(C)CCC3)ncnc21. The van der Waals surface area contributed by atoms with Crippen molar-refractivity contribution in [3.63, 3.8) is 0 Å². The topological polar surface area (TPSA) is 55.6 Å². The molecule has 0 unspecified atom stereocenters. The molecule has 1 saturated carbocycles. The Morgan fingerprint density at radius 1 is 1.38 bits per heavy atom. The van der Waals surface area contributed by atoms with Gasteiger partial charge < -0.3 is 5.32 Å². The van der Waals surface area contributed by atoms with E-state index in [2.05, 4.69) is 27.3 Å². The van der Waals surface area contributed by atoms with Gasteiger partial charge in [-0.1, -0.05) is 0 Å². The molecule has 2 aromatic rings. The molecule has 2 heterocycles. The summed E-state index contributed by atoms with van der Waals surface area (Å²) >= 11 is 0. The van der Waals surface area contributed by atoms with Crippen molar-refractivity contribution in [1.29, 1.82) is 0 Å². The minimum absolute atomic E-state index is 0.205. The molecule has 0 aromatic carbocycles. The smallest absolute Gasteiger partial charge is 0.163 e. The van der Waals surface area contributed by atoms with Crippen molar-refractivity contribution >= 4 is 16.9 Å². The molecule has 1 N–H and O–H groups in total. The van der Waals surface area contributed by atoms with Crippen LogP contribution < -0.4 is 5.32 Å². The normalized spacial score (nSPS) is 18.4. The van der Waals surface area contributed by atoms with Crippen molar-refractivity contribution in [2.45, 2.75) is 31.7 Å². The monoisotopic (exact) mass is 217 g/mol. The third-order valence-electron chi connectivity index (χ3n) is 3.41. The molecule has 0 saturated heterocycles. The van der Waals surface area contributed by atoms with Gasteiger partial charge >= 0.3 is 0 Å². The maximum atomic E-state index is 4.31. The Morgan fingerprint density at radius 3 is 2.88 bits per heavy atom. The third kappa shape index (κ3) is 1.35. The lowest BCUT2D eigenvalue weighted by molar-refractivity contribution is 0.306. The van der Waals surface area contributed by atoms with E-state index >= 15 is 0 Å². The predicted octanol–water partition coefficient (Wildman–Crippen LogP) is 1.72. The lowest BCUT2D eigenvalue weighted by Crippen LogP contribution is -2.41. The molecule has 84 valence electrons. The zero-order valence-electron chi connectivity index (χ0n) is 9.56. The van der Waals surface area contributed by atoms with Gasteiger partial charge in [0.15, 0.2) is 5.65 Å². The average molecular weight is 217 g/mol. The van der Waals surface area contributed by atoms with Crippen molar-refractivity contribution in [3.8, 4) is 0 Å². The molecule has 0 atom stereocenters. The zero-order chi connectivity index (χ0) is 11.2. The first-order chi connectivity index (χ1) is 7.68. The molecule has 3 rings (SSSR count). The second kappa shape index (κ2) is 3.17. The van der Waals surface area contributed by atoms with E-state index in [1.807, 2.05) is 13.2 Å². The summed E-state index contributed by atoms with van der Waals surface area (Å²) < 4.78 is 1.77. The molecular formula is C11H15N5. The number of fused-ring (bicyclic) bond motifs is 1. The van der Waals surface area contributed by atoms with Gasteiger partial charge in [-0.05, 0) is 26.2 Å². The molecule has 2 aromatic heterocycles. The first-order valence-corrected chi connectivity index (χ1v) is 5.59. The van der Waals surface area contributed by atoms with Gasteiger partial charge in [0, 0.05) is 12.6 Å². The Balaban J connectivity index is 2.03. The van der Waals surface area contributed by atoms with Crippen LogP contribution in [0.25, 0.3) is 11.0 Å². The Kier molecular flexibility index (Phi) is 1.89. The van der Waals surface area contributed by atoms with E-state index in [1.165, 1.54) is 19.3 Å². The number of aryl methyl sites for hydroxylation is 1. The fourth-order valence-corrected chi connectivity index (χ4v) is 2.18. The second-order valence-corrected chi connectivity index (χ2v) is 4.77. The minimum atomic E-state index is 0.205. The Bertz CT molecular complexity index is 526. The van der Waals surface area contributed by atoms with Crippen LogP contribution >= 0.6 is 0 Å². The van der Waals surface area contributed by atoms with Crippen LogP contribution in [0.4, 0.5) is 5.82 Å². The summed E-state index contributed by atoms with van der Waals surface area (Å²) in [6.45, 7) is 2.24. The molecule has 16 heavy (non-hydrogen) atoms. The highest BCUT2D eigenvalue weighted by atomic mass is 15.3. The van der Waals surface area contributed by atoms with Crippen LogP contribution in [-0.2, 0) is 7.05 Å². The summed E-state index contributed by atoms with van der Waals surface area (Å²) in [4.78, 5) is 8.54. The number of hydrogen-bond donors (Lipinski definition) is 1. The maximum Gasteiger partial charge on any atom is 0.163 e. The van der Waals surface area contributed by atoms with Gasteiger partial charge in [0.1, 0.15) is 12.1 Å². The van der Waals surface area contributed by atoms with E-state index in [0.29, 0.717) is 0 Å². The van der Waals surface area contributed by atoms with Gasteiger partial charge in [-0.15, -0.1) is 0 Å². The van der Waals surface area contributed by atoms with Crippen LogP contribution in [0.3, 0.4) is 0 Å². The summed E-state index contributed by atoms with van der Waals surface area (Å²) in [7, 11) is 1.89. The van der Waals surface area contributed by atoms with Gasteiger partial charge in [-0.3, -0.25) is 4.68 Å². The fraction of sp³-hybridized carbons (Fsp3) is 0.545. The molecule has 0 radical (unpaired) electrons. The average Bonchev–Trinajstić information content (AvgIpc) is 2.60. The maximum absolute atomic E-state index is 4.31. The van der Waals surface area contributed by atoms with Crippen LogP contribution in [0.5, 0.6) is 0 Å². The third-order valence-corrected chi connectivity index (χ3v) is 3.41. The predicted molar refractivity (Wildman–Crippen MR) is 62.2 cm³/mol. The van der Waals surface area contributed by atoms with E-state index in [0.717, 1.165) is 16.9 Å². The number of aromatic nitrogens is 4. The largest absolute Gasteiger partial charge is 0.364 e. The molecule has 0 bridgehead atoms. The minimum Gasteiger partial charge on any atom is -0.364 e. The molecule has 5 nitrogen and oxygen atoms in total. The van der Waals surface area contributed by atoms with Gasteiger partial charge in [-0.2, -0.15) is 5.10 Å². The molecule has 1 aliphatic rings. The van der Waals surface area contributed by atoms with Gasteiger partial charge in [0.05, 0.1) is 11.6 Å². The van der Waals surface area contributed by atoms with Crippen molar-refractivity contribution in [2.75, 3.05) is 5.32 Å². The van der Waals surface area contributed by atoms with Gasteiger partial charge in [0.25, 0.3) is 0 Å². The second-order valence-electron chi connectivity index (χ2n) is 4.77. The van der Waals surface area contributed by atoms with E-state index in [1.54, 1.807) is 11.0 Å². The number of hydrogen-bond acceptors (Lipinski definition) is 4. The van der Waals surface area contributed by atoms with Crippen LogP contribution in [0.2, 0.25) is 0 Å². The number of rotatable bonds is 2. The molecule has 0 aliphatic heterocycles. The summed E-state index contributed by atoms with van der Waals surface area (Å²) in [5, 5.41) is 8.71. The lowest BCUT2D eigenvalue weighted by Gasteiger charge is -2.39. The molecule has 5 heteroatoms. The van der Waals surface area contributed by atoms with Crippen LogP contribution in [0, 0.1) is 0 Å². The van der Waals surface area contributed by atoms with Crippen molar-refractivity contribution in [1.82, 2.24) is 19.7 Å². The summed E-state index contributed by atoms with van der Waals surface area (Å²) in [6, 6.07) is 0. The number of anilines is 1. The summed E-state index contributed by atoms with van der Waals surface area (Å²) in [6.07, 6.45) is 7.12.